The zero-order valence-corrected chi connectivity index (χ0v) is 16.7. The van der Waals surface area contributed by atoms with E-state index in [9.17, 15) is 4.79 Å². The monoisotopic (exact) mass is 376 g/mol. The molecular weight excluding hydrogens is 348 g/mol. The number of nitrogens with zero attached hydrogens (tertiary/aromatic N) is 1. The lowest BCUT2D eigenvalue weighted by Crippen LogP contribution is -2.30. The second kappa shape index (κ2) is 8.19. The van der Waals surface area contributed by atoms with Crippen LogP contribution in [-0.2, 0) is 4.74 Å². The molecule has 0 bridgehead atoms. The fraction of sp³-hybridized carbons (Fsp3) is 0.375. The van der Waals surface area contributed by atoms with Gasteiger partial charge in [0, 0.05) is 47.5 Å². The van der Waals surface area contributed by atoms with Crippen molar-refractivity contribution in [2.75, 3.05) is 19.8 Å². The van der Waals surface area contributed by atoms with Gasteiger partial charge in [0.05, 0.1) is 6.04 Å². The molecule has 0 radical (unpaired) electrons. The number of para-hydroxylation sites is 1. The Kier molecular flexibility index (Phi) is 5.49. The summed E-state index contributed by atoms with van der Waals surface area (Å²) < 4.78 is 5.72. The second-order valence-electron chi connectivity index (χ2n) is 7.52. The minimum absolute atomic E-state index is 0.0458. The first-order valence-electron chi connectivity index (χ1n) is 10.3. The minimum Gasteiger partial charge on any atom is -0.381 e. The summed E-state index contributed by atoms with van der Waals surface area (Å²) in [5.41, 5.74) is 5.38. The highest BCUT2D eigenvalue weighted by molar-refractivity contribution is 6.01. The quantitative estimate of drug-likeness (QED) is 0.547. The van der Waals surface area contributed by atoms with E-state index in [2.05, 4.69) is 43.1 Å². The number of carbonyl (C=O) groups excluding carboxylic acids is 1. The van der Waals surface area contributed by atoms with Gasteiger partial charge in [0.15, 0.2) is 0 Å². The summed E-state index contributed by atoms with van der Waals surface area (Å²) in [6.07, 6.45) is 3.08. The molecule has 4 rings (SSSR count). The highest BCUT2D eigenvalue weighted by Crippen LogP contribution is 2.42. The second-order valence-corrected chi connectivity index (χ2v) is 7.52. The van der Waals surface area contributed by atoms with Crippen molar-refractivity contribution >= 4 is 16.8 Å². The Balaban J connectivity index is 1.65. The van der Waals surface area contributed by atoms with Crippen molar-refractivity contribution in [1.29, 1.82) is 0 Å². The molecule has 0 spiro atoms. The van der Waals surface area contributed by atoms with E-state index in [1.54, 1.807) is 0 Å². The van der Waals surface area contributed by atoms with Gasteiger partial charge in [0.25, 0.3) is 5.91 Å². The summed E-state index contributed by atoms with van der Waals surface area (Å²) >= 11 is 0. The van der Waals surface area contributed by atoms with Crippen LogP contribution in [0, 0.1) is 6.92 Å². The van der Waals surface area contributed by atoms with Gasteiger partial charge in [-0.05, 0) is 37.5 Å². The third kappa shape index (κ3) is 3.33. The van der Waals surface area contributed by atoms with E-state index in [1.807, 2.05) is 29.2 Å². The molecule has 28 heavy (non-hydrogen) atoms. The zero-order chi connectivity index (χ0) is 19.5. The molecule has 0 saturated heterocycles. The fourth-order valence-electron chi connectivity index (χ4n) is 4.25. The molecule has 0 saturated carbocycles. The van der Waals surface area contributed by atoms with Crippen LogP contribution in [0.4, 0.5) is 0 Å². The zero-order valence-electron chi connectivity index (χ0n) is 16.7. The Hall–Kier alpha value is -2.59. The molecule has 146 valence electrons. The van der Waals surface area contributed by atoms with E-state index in [1.165, 1.54) is 10.9 Å². The lowest BCUT2D eigenvalue weighted by Gasteiger charge is -2.26. The average Bonchev–Trinajstić information content (AvgIpc) is 3.18. The van der Waals surface area contributed by atoms with Gasteiger partial charge in [-0.15, -0.1) is 0 Å². The molecular formula is C24H28N2O2. The molecule has 2 heterocycles. The van der Waals surface area contributed by atoms with Crippen LogP contribution in [0.1, 0.15) is 59.4 Å². The Morgan fingerprint density at radius 1 is 1.04 bits per heavy atom. The van der Waals surface area contributed by atoms with Crippen LogP contribution in [0.5, 0.6) is 0 Å². The molecule has 2 aromatic carbocycles. The number of H-pyrrole nitrogens is 1. The van der Waals surface area contributed by atoms with Crippen molar-refractivity contribution in [3.8, 4) is 0 Å². The molecule has 0 fully saturated rings. The molecule has 1 atom stereocenters. The third-order valence-corrected chi connectivity index (χ3v) is 5.61. The summed E-state index contributed by atoms with van der Waals surface area (Å²) in [4.78, 5) is 18.7. The number of aromatic amines is 1. The van der Waals surface area contributed by atoms with Crippen molar-refractivity contribution in [3.63, 3.8) is 0 Å². The van der Waals surface area contributed by atoms with Crippen LogP contribution in [-0.4, -0.2) is 35.5 Å². The number of aryl methyl sites for hydroxylation is 1. The van der Waals surface area contributed by atoms with E-state index < -0.39 is 0 Å². The number of rotatable bonds is 8. The first-order chi connectivity index (χ1) is 13.7. The lowest BCUT2D eigenvalue weighted by molar-refractivity contribution is 0.0709. The number of nitrogens with one attached hydrogen (secondary N) is 1. The molecule has 4 heteroatoms. The number of aromatic nitrogens is 1. The fourth-order valence-corrected chi connectivity index (χ4v) is 4.25. The molecule has 1 aliphatic rings. The number of hydrogen-bond donors (Lipinski definition) is 1. The Morgan fingerprint density at radius 3 is 2.64 bits per heavy atom. The summed E-state index contributed by atoms with van der Waals surface area (Å²) in [5, 5.41) is 1.19. The van der Waals surface area contributed by atoms with Crippen molar-refractivity contribution in [2.24, 2.45) is 0 Å². The maximum Gasteiger partial charge on any atom is 0.255 e. The van der Waals surface area contributed by atoms with E-state index in [0.717, 1.165) is 48.2 Å². The highest BCUT2D eigenvalue weighted by atomic mass is 16.5. The van der Waals surface area contributed by atoms with E-state index in [0.29, 0.717) is 13.2 Å². The minimum atomic E-state index is -0.0458. The van der Waals surface area contributed by atoms with Crippen molar-refractivity contribution in [3.05, 3.63) is 70.9 Å². The van der Waals surface area contributed by atoms with Crippen LogP contribution in [0.3, 0.4) is 0 Å². The van der Waals surface area contributed by atoms with Gasteiger partial charge in [0.2, 0.25) is 0 Å². The summed E-state index contributed by atoms with van der Waals surface area (Å²) in [6.45, 7) is 6.46. The number of ether oxygens (including phenoxy) is 1. The van der Waals surface area contributed by atoms with E-state index in [-0.39, 0.29) is 11.9 Å². The van der Waals surface area contributed by atoms with E-state index in [4.69, 9.17) is 4.74 Å². The standard InChI is InChI=1S/C24H28N2O2/c1-3-4-15-28-16-9-14-26-23(18-10-5-6-11-19(18)24(26)27)22-17(2)25-21-13-8-7-12-20(21)22/h5-8,10-13,23,25H,3-4,9,14-16H2,1-2H3. The largest absolute Gasteiger partial charge is 0.381 e. The number of carbonyl (C=O) groups is 1. The van der Waals surface area contributed by atoms with Gasteiger partial charge >= 0.3 is 0 Å². The number of amides is 1. The number of unbranched alkanes of at least 4 members (excludes halogenated alkanes) is 1. The Bertz CT molecular complexity index is 976. The van der Waals surface area contributed by atoms with Crippen molar-refractivity contribution in [1.82, 2.24) is 9.88 Å². The van der Waals surface area contributed by atoms with Gasteiger partial charge in [-0.2, -0.15) is 0 Å². The van der Waals surface area contributed by atoms with E-state index >= 15 is 0 Å². The first kappa shape index (κ1) is 18.8. The lowest BCUT2D eigenvalue weighted by atomic mass is 9.95. The number of benzene rings is 2. The smallest absolute Gasteiger partial charge is 0.255 e. The van der Waals surface area contributed by atoms with Crippen LogP contribution in [0.15, 0.2) is 48.5 Å². The predicted octanol–water partition coefficient (Wildman–Crippen LogP) is 5.23. The normalized spacial score (nSPS) is 16.1. The van der Waals surface area contributed by atoms with Crippen LogP contribution in [0.2, 0.25) is 0 Å². The summed E-state index contributed by atoms with van der Waals surface area (Å²) in [5.74, 6) is 0.124. The average molecular weight is 377 g/mol. The molecule has 0 aliphatic carbocycles. The summed E-state index contributed by atoms with van der Waals surface area (Å²) in [7, 11) is 0. The molecule has 1 unspecified atom stereocenters. The van der Waals surface area contributed by atoms with Crippen LogP contribution >= 0.6 is 0 Å². The topological polar surface area (TPSA) is 45.3 Å². The SMILES string of the molecule is CCCCOCCCN1C(=O)c2ccccc2C1c1c(C)[nH]c2ccccc12. The molecule has 1 amide bonds. The van der Waals surface area contributed by atoms with Gasteiger partial charge in [0.1, 0.15) is 0 Å². The van der Waals surface area contributed by atoms with Gasteiger partial charge < -0.3 is 14.6 Å². The van der Waals surface area contributed by atoms with Gasteiger partial charge in [-0.25, -0.2) is 0 Å². The number of hydrogen-bond acceptors (Lipinski definition) is 2. The van der Waals surface area contributed by atoms with Gasteiger partial charge in [-0.3, -0.25) is 4.79 Å². The Morgan fingerprint density at radius 2 is 1.79 bits per heavy atom. The van der Waals surface area contributed by atoms with Gasteiger partial charge in [-0.1, -0.05) is 49.7 Å². The molecule has 1 aromatic heterocycles. The third-order valence-electron chi connectivity index (χ3n) is 5.61. The Labute approximate surface area is 166 Å². The molecule has 4 nitrogen and oxygen atoms in total. The molecule has 1 N–H and O–H groups in total. The maximum absolute atomic E-state index is 13.2. The maximum atomic E-state index is 13.2. The van der Waals surface area contributed by atoms with Crippen LogP contribution < -0.4 is 0 Å². The molecule has 3 aromatic rings. The van der Waals surface area contributed by atoms with Crippen LogP contribution in [0.25, 0.3) is 10.9 Å². The van der Waals surface area contributed by atoms with Crippen molar-refractivity contribution in [2.45, 2.75) is 39.2 Å². The highest BCUT2D eigenvalue weighted by Gasteiger charge is 2.38. The van der Waals surface area contributed by atoms with Crippen molar-refractivity contribution < 1.29 is 9.53 Å². The predicted molar refractivity (Wildman–Crippen MR) is 113 cm³/mol. The number of fused-ring (bicyclic) bond motifs is 2. The first-order valence-corrected chi connectivity index (χ1v) is 10.3. The molecule has 1 aliphatic heterocycles. The summed E-state index contributed by atoms with van der Waals surface area (Å²) in [6, 6.07) is 16.3.